The molecule has 0 fully saturated rings. The van der Waals surface area contributed by atoms with E-state index in [1.807, 2.05) is 41.9 Å². The largest absolute Gasteiger partial charge is 0.367 e. The predicted octanol–water partition coefficient (Wildman–Crippen LogP) is 6.02. The number of carbonyl (C=O) groups is 1. The van der Waals surface area contributed by atoms with Crippen LogP contribution in [0.4, 0.5) is 0 Å². The highest BCUT2D eigenvalue weighted by Crippen LogP contribution is 2.37. The highest BCUT2D eigenvalue weighted by molar-refractivity contribution is 6.36. The Kier molecular flexibility index (Phi) is 5.43. The molecular weight excluding hydrogens is 421 g/mol. The fourth-order valence-corrected chi connectivity index (χ4v) is 4.32. The van der Waals surface area contributed by atoms with Crippen LogP contribution in [0.2, 0.25) is 10.0 Å². The van der Waals surface area contributed by atoms with Crippen LogP contribution in [-0.4, -0.2) is 21.5 Å². The van der Waals surface area contributed by atoms with Crippen molar-refractivity contribution < 1.29 is 9.63 Å². The number of aryl methyl sites for hydroxylation is 1. The Balaban J connectivity index is 1.72. The molecule has 7 heteroatoms. The van der Waals surface area contributed by atoms with Crippen molar-refractivity contribution in [1.82, 2.24) is 9.78 Å². The van der Waals surface area contributed by atoms with E-state index in [1.54, 1.807) is 6.07 Å². The number of nitrogens with zero attached hydrogens (tertiary/aromatic N) is 3. The number of hydrogen-bond acceptors (Lipinski definition) is 4. The molecule has 1 aliphatic rings. The second-order valence-electron chi connectivity index (χ2n) is 8.21. The van der Waals surface area contributed by atoms with E-state index in [0.717, 1.165) is 29.1 Å². The normalized spacial score (nSPS) is 16.4. The third kappa shape index (κ3) is 4.00. The second-order valence-corrected chi connectivity index (χ2v) is 9.06. The Hall–Kier alpha value is -2.63. The van der Waals surface area contributed by atoms with Gasteiger partial charge in [-0.05, 0) is 55.5 Å². The molecular formula is C23H21Cl2N3O2. The molecule has 1 aliphatic carbocycles. The van der Waals surface area contributed by atoms with Crippen molar-refractivity contribution in [3.05, 3.63) is 81.1 Å². The summed E-state index contributed by atoms with van der Waals surface area (Å²) in [6, 6.07) is 14.6. The van der Waals surface area contributed by atoms with Gasteiger partial charge in [-0.15, -0.1) is 0 Å². The summed E-state index contributed by atoms with van der Waals surface area (Å²) in [5.41, 5.74) is 4.71. The smallest absolute Gasteiger partial charge is 0.312 e. The zero-order chi connectivity index (χ0) is 21.5. The molecule has 5 nitrogen and oxygen atoms in total. The van der Waals surface area contributed by atoms with Gasteiger partial charge in [0.15, 0.2) is 0 Å². The molecule has 0 amide bonds. The van der Waals surface area contributed by atoms with Gasteiger partial charge in [0.25, 0.3) is 0 Å². The quantitative estimate of drug-likeness (QED) is 0.368. The van der Waals surface area contributed by atoms with Gasteiger partial charge in [0, 0.05) is 10.6 Å². The van der Waals surface area contributed by atoms with E-state index < -0.39 is 5.97 Å². The van der Waals surface area contributed by atoms with Crippen LogP contribution in [0, 0.1) is 12.3 Å². The summed E-state index contributed by atoms with van der Waals surface area (Å²) in [5, 5.41) is 9.67. The fourth-order valence-electron chi connectivity index (χ4n) is 3.83. The number of hydrogen-bond donors (Lipinski definition) is 0. The number of para-hydroxylation sites is 1. The maximum Gasteiger partial charge on any atom is 0.367 e. The number of benzene rings is 2. The summed E-state index contributed by atoms with van der Waals surface area (Å²) >= 11 is 12.0. The average Bonchev–Trinajstić information content (AvgIpc) is 3.01. The molecule has 0 spiro atoms. The van der Waals surface area contributed by atoms with Gasteiger partial charge in [-0.3, -0.25) is 0 Å². The molecule has 154 valence electrons. The molecule has 0 saturated heterocycles. The SMILES string of the molecule is Cc1nn(-c2ccccc2)c2c1/C(=N/OC(=O)c1ccc(Cl)cc1Cl)CC(C)(C)C2. The standard InChI is InChI=1S/C23H21Cl2N3O2/c1-14-21-19(27-30-22(29)17-10-9-15(24)11-18(17)25)12-23(2,3)13-20(21)28(26-14)16-7-5-4-6-8-16/h4-11H,12-13H2,1-3H3/b27-19+. The predicted molar refractivity (Wildman–Crippen MR) is 119 cm³/mol. The van der Waals surface area contributed by atoms with Crippen molar-refractivity contribution in [2.24, 2.45) is 10.6 Å². The van der Waals surface area contributed by atoms with E-state index in [2.05, 4.69) is 19.0 Å². The van der Waals surface area contributed by atoms with Crippen molar-refractivity contribution in [3.63, 3.8) is 0 Å². The van der Waals surface area contributed by atoms with Crippen LogP contribution >= 0.6 is 23.2 Å². The molecule has 1 heterocycles. The fraction of sp³-hybridized carbons (Fsp3) is 0.261. The van der Waals surface area contributed by atoms with E-state index in [-0.39, 0.29) is 16.0 Å². The molecule has 2 aromatic carbocycles. The van der Waals surface area contributed by atoms with Crippen molar-refractivity contribution in [2.75, 3.05) is 0 Å². The third-order valence-corrected chi connectivity index (χ3v) is 5.67. The van der Waals surface area contributed by atoms with Gasteiger partial charge in [0.2, 0.25) is 0 Å². The topological polar surface area (TPSA) is 56.5 Å². The Bertz CT molecular complexity index is 1150. The summed E-state index contributed by atoms with van der Waals surface area (Å²) in [6.07, 6.45) is 1.51. The Morgan fingerprint density at radius 1 is 1.13 bits per heavy atom. The number of rotatable bonds is 3. The van der Waals surface area contributed by atoms with Crippen molar-refractivity contribution in [1.29, 1.82) is 0 Å². The van der Waals surface area contributed by atoms with Crippen LogP contribution in [0.1, 0.15) is 47.6 Å². The van der Waals surface area contributed by atoms with Gasteiger partial charge in [0.05, 0.1) is 33.4 Å². The number of oxime groups is 1. The van der Waals surface area contributed by atoms with Crippen molar-refractivity contribution in [3.8, 4) is 5.69 Å². The number of aromatic nitrogens is 2. The minimum atomic E-state index is -0.623. The van der Waals surface area contributed by atoms with Crippen LogP contribution in [0.5, 0.6) is 0 Å². The average molecular weight is 442 g/mol. The third-order valence-electron chi connectivity index (χ3n) is 5.13. The summed E-state index contributed by atoms with van der Waals surface area (Å²) < 4.78 is 1.96. The van der Waals surface area contributed by atoms with Crippen LogP contribution in [0.3, 0.4) is 0 Å². The number of fused-ring (bicyclic) bond motifs is 1. The van der Waals surface area contributed by atoms with Gasteiger partial charge in [0.1, 0.15) is 0 Å². The van der Waals surface area contributed by atoms with E-state index in [9.17, 15) is 4.79 Å². The molecule has 4 rings (SSSR count). The molecule has 30 heavy (non-hydrogen) atoms. The maximum absolute atomic E-state index is 12.5. The summed E-state index contributed by atoms with van der Waals surface area (Å²) in [7, 11) is 0. The van der Waals surface area contributed by atoms with Crippen molar-refractivity contribution >= 4 is 34.9 Å². The number of carbonyl (C=O) groups excluding carboxylic acids is 1. The van der Waals surface area contributed by atoms with Gasteiger partial charge in [-0.1, -0.05) is 60.4 Å². The lowest BCUT2D eigenvalue weighted by Gasteiger charge is -2.30. The second kappa shape index (κ2) is 7.89. The molecule has 1 aromatic heterocycles. The highest BCUT2D eigenvalue weighted by Gasteiger charge is 2.35. The van der Waals surface area contributed by atoms with Crippen LogP contribution in [0.15, 0.2) is 53.7 Å². The van der Waals surface area contributed by atoms with E-state index in [1.165, 1.54) is 12.1 Å². The maximum atomic E-state index is 12.5. The minimum Gasteiger partial charge on any atom is -0.312 e. The van der Waals surface area contributed by atoms with E-state index >= 15 is 0 Å². The first-order valence-electron chi connectivity index (χ1n) is 9.63. The molecule has 0 bridgehead atoms. The van der Waals surface area contributed by atoms with Gasteiger partial charge < -0.3 is 4.84 Å². The highest BCUT2D eigenvalue weighted by atomic mass is 35.5. The first-order valence-corrected chi connectivity index (χ1v) is 10.4. The van der Waals surface area contributed by atoms with E-state index in [4.69, 9.17) is 33.1 Å². The van der Waals surface area contributed by atoms with Crippen LogP contribution in [-0.2, 0) is 11.3 Å². The lowest BCUT2D eigenvalue weighted by molar-refractivity contribution is 0.0514. The van der Waals surface area contributed by atoms with Crippen LogP contribution < -0.4 is 0 Å². The lowest BCUT2D eigenvalue weighted by Crippen LogP contribution is -2.29. The minimum absolute atomic E-state index is 0.0604. The van der Waals surface area contributed by atoms with Gasteiger partial charge in [-0.2, -0.15) is 5.10 Å². The zero-order valence-corrected chi connectivity index (χ0v) is 18.5. The molecule has 0 saturated carbocycles. The Morgan fingerprint density at radius 3 is 2.57 bits per heavy atom. The Morgan fingerprint density at radius 2 is 1.87 bits per heavy atom. The zero-order valence-electron chi connectivity index (χ0n) is 16.9. The van der Waals surface area contributed by atoms with Gasteiger partial charge in [-0.25, -0.2) is 9.48 Å². The molecule has 0 unspecified atom stereocenters. The molecule has 3 aromatic rings. The lowest BCUT2D eigenvalue weighted by atomic mass is 9.75. The van der Waals surface area contributed by atoms with Crippen molar-refractivity contribution in [2.45, 2.75) is 33.6 Å². The summed E-state index contributed by atoms with van der Waals surface area (Å²) in [5.74, 6) is -0.623. The number of halogens is 2. The van der Waals surface area contributed by atoms with E-state index in [0.29, 0.717) is 17.2 Å². The molecule has 0 N–H and O–H groups in total. The summed E-state index contributed by atoms with van der Waals surface area (Å²) in [4.78, 5) is 17.8. The monoisotopic (exact) mass is 441 g/mol. The van der Waals surface area contributed by atoms with Gasteiger partial charge >= 0.3 is 5.97 Å². The first-order chi connectivity index (χ1) is 14.2. The first kappa shape index (κ1) is 20.6. The Labute approximate surface area is 185 Å². The van der Waals surface area contributed by atoms with Crippen LogP contribution in [0.25, 0.3) is 5.69 Å². The summed E-state index contributed by atoms with van der Waals surface area (Å²) in [6.45, 7) is 6.28. The molecule has 0 aliphatic heterocycles. The molecule has 0 atom stereocenters. The molecule has 0 radical (unpaired) electrons.